The summed E-state index contributed by atoms with van der Waals surface area (Å²) in [5.74, 6) is 0. The van der Waals surface area contributed by atoms with Gasteiger partial charge < -0.3 is 8.53 Å². The summed E-state index contributed by atoms with van der Waals surface area (Å²) in [5, 5.41) is 2.29. The number of aromatic nitrogens is 4. The van der Waals surface area contributed by atoms with Gasteiger partial charge in [-0.2, -0.15) is 0 Å². The average Bonchev–Trinajstić information content (AvgIpc) is 2.93. The predicted octanol–water partition coefficient (Wildman–Crippen LogP) is 2.00. The lowest BCUT2D eigenvalue weighted by Crippen LogP contribution is -1.89. The van der Waals surface area contributed by atoms with Gasteiger partial charge in [-0.25, -0.2) is 4.98 Å². The van der Waals surface area contributed by atoms with Gasteiger partial charge in [0, 0.05) is 34.2 Å². The maximum atomic E-state index is 4.40. The Balaban J connectivity index is 2.45. The molecule has 78 valence electrons. The SMILES string of the molecule is [Al][n]1c2ccncc2c2c3nc[nH]c3ccc21. The lowest BCUT2D eigenvalue weighted by molar-refractivity contribution is 1.33. The first-order valence-corrected chi connectivity index (χ1v) is 5.83. The number of imidazole rings is 1. The summed E-state index contributed by atoms with van der Waals surface area (Å²) >= 11 is 2.74. The first-order chi connectivity index (χ1) is 8.36. The van der Waals surface area contributed by atoms with Crippen LogP contribution in [-0.4, -0.2) is 35.0 Å². The standard InChI is InChI=1S/C12H7N4.Al/c1-2-10-12(15-6-14-10)11-7-5-13-4-3-8(7)16-9(1)11;/h1-6H,(H,14,15);/q-1;+1. The highest BCUT2D eigenvalue weighted by Crippen LogP contribution is 2.31. The number of H-pyrrole nitrogens is 1. The van der Waals surface area contributed by atoms with E-state index in [2.05, 4.69) is 47.1 Å². The van der Waals surface area contributed by atoms with Crippen LogP contribution >= 0.6 is 0 Å². The van der Waals surface area contributed by atoms with Crippen molar-refractivity contribution in [3.05, 3.63) is 36.9 Å². The minimum Gasteiger partial charge on any atom is -0.451 e. The van der Waals surface area contributed by atoms with Gasteiger partial charge in [-0.05, 0) is 18.2 Å². The molecule has 0 spiro atoms. The molecule has 17 heavy (non-hydrogen) atoms. The van der Waals surface area contributed by atoms with Crippen molar-refractivity contribution in [3.8, 4) is 0 Å². The van der Waals surface area contributed by atoms with Crippen molar-refractivity contribution in [2.24, 2.45) is 0 Å². The summed E-state index contributed by atoms with van der Waals surface area (Å²) in [6, 6.07) is 6.17. The van der Waals surface area contributed by atoms with Crippen LogP contribution < -0.4 is 0 Å². The number of nitrogens with zero attached hydrogens (tertiary/aromatic N) is 3. The Bertz CT molecular complexity index is 859. The monoisotopic (exact) mass is 234 g/mol. The third-order valence-electron chi connectivity index (χ3n) is 3.16. The highest BCUT2D eigenvalue weighted by Gasteiger charge is 2.11. The lowest BCUT2D eigenvalue weighted by atomic mass is 10.1. The topological polar surface area (TPSA) is 46.5 Å². The highest BCUT2D eigenvalue weighted by atomic mass is 27.1. The first-order valence-electron chi connectivity index (χ1n) is 5.31. The molecule has 1 aromatic carbocycles. The molecule has 5 heteroatoms. The zero-order chi connectivity index (χ0) is 11.4. The number of aromatic amines is 1. The molecule has 1 N–H and O–H groups in total. The van der Waals surface area contributed by atoms with E-state index in [1.807, 2.05) is 18.5 Å². The third kappa shape index (κ3) is 1.08. The van der Waals surface area contributed by atoms with Crippen molar-refractivity contribution in [1.82, 2.24) is 18.5 Å². The smallest absolute Gasteiger partial charge is 0.318 e. The molecule has 3 heterocycles. The Morgan fingerprint density at radius 3 is 3.06 bits per heavy atom. The Morgan fingerprint density at radius 2 is 2.12 bits per heavy atom. The summed E-state index contributed by atoms with van der Waals surface area (Å²) in [4.78, 5) is 11.7. The molecule has 2 radical (unpaired) electrons. The molecule has 0 unspecified atom stereocenters. The molecule has 0 bridgehead atoms. The van der Waals surface area contributed by atoms with Crippen molar-refractivity contribution in [3.63, 3.8) is 0 Å². The van der Waals surface area contributed by atoms with Crippen LogP contribution in [-0.2, 0) is 0 Å². The summed E-state index contributed by atoms with van der Waals surface area (Å²) in [5.41, 5.74) is 4.36. The molecule has 0 aliphatic carbocycles. The number of rotatable bonds is 0. The fraction of sp³-hybridized carbons (Fsp3) is 0. The van der Waals surface area contributed by atoms with Crippen LogP contribution in [0.4, 0.5) is 0 Å². The molecule has 4 nitrogen and oxygen atoms in total. The van der Waals surface area contributed by atoms with Crippen LogP contribution in [0.5, 0.6) is 0 Å². The van der Waals surface area contributed by atoms with Crippen LogP contribution in [0.25, 0.3) is 32.8 Å². The molecular formula is C12H7AlN4. The Morgan fingerprint density at radius 1 is 1.18 bits per heavy atom. The quantitative estimate of drug-likeness (QED) is 0.473. The van der Waals surface area contributed by atoms with Gasteiger partial charge in [-0.3, -0.25) is 4.98 Å². The molecule has 4 aromatic rings. The predicted molar refractivity (Wildman–Crippen MR) is 68.0 cm³/mol. The van der Waals surface area contributed by atoms with E-state index in [1.54, 1.807) is 6.33 Å². The van der Waals surface area contributed by atoms with E-state index in [-0.39, 0.29) is 0 Å². The molecule has 0 atom stereocenters. The summed E-state index contributed by atoms with van der Waals surface area (Å²) in [6.07, 6.45) is 5.43. The van der Waals surface area contributed by atoms with Gasteiger partial charge in [0.15, 0.2) is 0 Å². The van der Waals surface area contributed by atoms with E-state index in [9.17, 15) is 0 Å². The number of fused-ring (bicyclic) bond motifs is 5. The second kappa shape index (κ2) is 3.10. The summed E-state index contributed by atoms with van der Waals surface area (Å²) in [6.45, 7) is 0. The molecule has 0 fully saturated rings. The number of hydrogen-bond acceptors (Lipinski definition) is 2. The summed E-state index contributed by atoms with van der Waals surface area (Å²) in [7, 11) is 0. The Kier molecular flexibility index (Phi) is 1.68. The van der Waals surface area contributed by atoms with Crippen LogP contribution in [0, 0.1) is 0 Å². The average molecular weight is 234 g/mol. The van der Waals surface area contributed by atoms with Crippen molar-refractivity contribution < 1.29 is 0 Å². The minimum atomic E-state index is 1.00. The minimum absolute atomic E-state index is 1.00. The van der Waals surface area contributed by atoms with Crippen LogP contribution in [0.15, 0.2) is 36.9 Å². The number of hydrogen-bond donors (Lipinski definition) is 1. The highest BCUT2D eigenvalue weighted by molar-refractivity contribution is 6.26. The fourth-order valence-corrected chi connectivity index (χ4v) is 2.82. The second-order valence-electron chi connectivity index (χ2n) is 4.02. The van der Waals surface area contributed by atoms with E-state index in [1.165, 1.54) is 0 Å². The van der Waals surface area contributed by atoms with Gasteiger partial charge in [0.25, 0.3) is 0 Å². The van der Waals surface area contributed by atoms with Gasteiger partial charge in [0.05, 0.1) is 17.4 Å². The van der Waals surface area contributed by atoms with Gasteiger partial charge in [0.2, 0.25) is 0 Å². The van der Waals surface area contributed by atoms with Crippen molar-refractivity contribution in [2.75, 3.05) is 0 Å². The number of pyridine rings is 1. The van der Waals surface area contributed by atoms with E-state index in [0.29, 0.717) is 0 Å². The molecule has 4 rings (SSSR count). The van der Waals surface area contributed by atoms with Crippen LogP contribution in [0.1, 0.15) is 0 Å². The van der Waals surface area contributed by atoms with Gasteiger partial charge >= 0.3 is 16.5 Å². The molecule has 0 amide bonds. The molecule has 0 saturated carbocycles. The van der Waals surface area contributed by atoms with Crippen molar-refractivity contribution >= 4 is 49.4 Å². The van der Waals surface area contributed by atoms with E-state index >= 15 is 0 Å². The molecule has 0 aliphatic rings. The van der Waals surface area contributed by atoms with Gasteiger partial charge in [-0.1, -0.05) is 0 Å². The maximum absolute atomic E-state index is 4.40. The second-order valence-corrected chi connectivity index (χ2v) is 4.54. The largest absolute Gasteiger partial charge is 0.451 e. The lowest BCUT2D eigenvalue weighted by Gasteiger charge is -1.98. The van der Waals surface area contributed by atoms with Gasteiger partial charge in [0.1, 0.15) is 0 Å². The zero-order valence-corrected chi connectivity index (χ0v) is 10.0. The number of benzene rings is 1. The molecule has 3 aromatic heterocycles. The fourth-order valence-electron chi connectivity index (χ4n) is 2.38. The summed E-state index contributed by atoms with van der Waals surface area (Å²) < 4.78 is 2.10. The van der Waals surface area contributed by atoms with Crippen molar-refractivity contribution in [1.29, 1.82) is 0 Å². The third-order valence-corrected chi connectivity index (χ3v) is 3.71. The van der Waals surface area contributed by atoms with E-state index in [0.717, 1.165) is 32.8 Å². The van der Waals surface area contributed by atoms with Crippen LogP contribution in [0.3, 0.4) is 0 Å². The molecular weight excluding hydrogens is 227 g/mol. The first kappa shape index (κ1) is 9.23. The zero-order valence-electron chi connectivity index (χ0n) is 8.88. The van der Waals surface area contributed by atoms with Gasteiger partial charge in [-0.15, -0.1) is 0 Å². The van der Waals surface area contributed by atoms with Crippen LogP contribution in [0.2, 0.25) is 0 Å². The maximum Gasteiger partial charge on any atom is 0.318 e. The number of nitrogens with one attached hydrogen (secondary N) is 1. The van der Waals surface area contributed by atoms with Crippen molar-refractivity contribution in [2.45, 2.75) is 0 Å². The normalized spacial score (nSPS) is 11.8. The van der Waals surface area contributed by atoms with E-state index in [4.69, 9.17) is 0 Å². The van der Waals surface area contributed by atoms with E-state index < -0.39 is 0 Å². The molecule has 0 saturated heterocycles. The Labute approximate surface area is 105 Å². The molecule has 0 aliphatic heterocycles. The Hall–Kier alpha value is -1.83.